The maximum absolute atomic E-state index is 9.00. The van der Waals surface area contributed by atoms with Crippen LogP contribution in [0.2, 0.25) is 0 Å². The van der Waals surface area contributed by atoms with E-state index in [-0.39, 0.29) is 6.61 Å². The lowest BCUT2D eigenvalue weighted by Crippen LogP contribution is -2.15. The molecule has 0 aromatic heterocycles. The fraction of sp³-hybridized carbons (Fsp3) is 0.455. The van der Waals surface area contributed by atoms with Gasteiger partial charge >= 0.3 is 0 Å². The molecular formula is C11H16BrNO. The molecule has 1 aromatic carbocycles. The Morgan fingerprint density at radius 3 is 2.64 bits per heavy atom. The standard InChI is InChI=1S/C11H16BrNO/c1-13(2)6-5-10-7-9(8-14)3-4-11(10)12/h3-4,7,14H,5-6,8H2,1-2H3. The Morgan fingerprint density at radius 1 is 1.36 bits per heavy atom. The summed E-state index contributed by atoms with van der Waals surface area (Å²) in [6.45, 7) is 1.13. The van der Waals surface area contributed by atoms with E-state index in [1.807, 2.05) is 18.2 Å². The molecule has 0 atom stereocenters. The first-order valence-corrected chi connectivity index (χ1v) is 5.45. The van der Waals surface area contributed by atoms with E-state index < -0.39 is 0 Å². The lowest BCUT2D eigenvalue weighted by molar-refractivity contribution is 0.281. The van der Waals surface area contributed by atoms with Crippen LogP contribution in [-0.4, -0.2) is 30.6 Å². The number of aliphatic hydroxyl groups is 1. The second kappa shape index (κ2) is 5.49. The average Bonchev–Trinajstić information content (AvgIpc) is 2.16. The van der Waals surface area contributed by atoms with Gasteiger partial charge in [0.15, 0.2) is 0 Å². The molecule has 0 unspecified atom stereocenters. The maximum atomic E-state index is 9.00. The Labute approximate surface area is 93.7 Å². The third-order valence-corrected chi connectivity index (χ3v) is 2.89. The van der Waals surface area contributed by atoms with Crippen LogP contribution in [0.1, 0.15) is 11.1 Å². The molecule has 3 heteroatoms. The minimum Gasteiger partial charge on any atom is -0.392 e. The smallest absolute Gasteiger partial charge is 0.0681 e. The van der Waals surface area contributed by atoms with E-state index in [4.69, 9.17) is 5.11 Å². The van der Waals surface area contributed by atoms with Crippen molar-refractivity contribution < 1.29 is 5.11 Å². The quantitative estimate of drug-likeness (QED) is 0.893. The normalized spacial score (nSPS) is 10.9. The summed E-state index contributed by atoms with van der Waals surface area (Å²) in [5.41, 5.74) is 2.23. The highest BCUT2D eigenvalue weighted by atomic mass is 79.9. The van der Waals surface area contributed by atoms with Gasteiger partial charge in [0.25, 0.3) is 0 Å². The molecule has 0 aliphatic heterocycles. The number of nitrogens with zero attached hydrogens (tertiary/aromatic N) is 1. The van der Waals surface area contributed by atoms with Crippen molar-refractivity contribution in [3.05, 3.63) is 33.8 Å². The third-order valence-electron chi connectivity index (χ3n) is 2.12. The van der Waals surface area contributed by atoms with Crippen molar-refractivity contribution in [3.63, 3.8) is 0 Å². The van der Waals surface area contributed by atoms with Gasteiger partial charge in [-0.1, -0.05) is 28.1 Å². The van der Waals surface area contributed by atoms with Gasteiger partial charge in [0.1, 0.15) is 0 Å². The van der Waals surface area contributed by atoms with Gasteiger partial charge in [0.2, 0.25) is 0 Å². The largest absolute Gasteiger partial charge is 0.392 e. The van der Waals surface area contributed by atoms with E-state index in [9.17, 15) is 0 Å². The number of hydrogen-bond donors (Lipinski definition) is 1. The number of rotatable bonds is 4. The fourth-order valence-corrected chi connectivity index (χ4v) is 1.71. The molecule has 2 nitrogen and oxygen atoms in total. The molecule has 78 valence electrons. The Hall–Kier alpha value is -0.380. The summed E-state index contributed by atoms with van der Waals surface area (Å²) in [7, 11) is 4.12. The highest BCUT2D eigenvalue weighted by molar-refractivity contribution is 9.10. The monoisotopic (exact) mass is 257 g/mol. The summed E-state index contributed by atoms with van der Waals surface area (Å²) in [5, 5.41) is 9.00. The number of hydrogen-bond acceptors (Lipinski definition) is 2. The zero-order valence-electron chi connectivity index (χ0n) is 8.63. The van der Waals surface area contributed by atoms with Crippen molar-refractivity contribution in [2.75, 3.05) is 20.6 Å². The van der Waals surface area contributed by atoms with Crippen LogP contribution in [0.5, 0.6) is 0 Å². The molecule has 0 saturated carbocycles. The maximum Gasteiger partial charge on any atom is 0.0681 e. The summed E-state index contributed by atoms with van der Waals surface area (Å²) >= 11 is 3.51. The van der Waals surface area contributed by atoms with E-state index in [2.05, 4.69) is 34.9 Å². The SMILES string of the molecule is CN(C)CCc1cc(CO)ccc1Br. The lowest BCUT2D eigenvalue weighted by Gasteiger charge is -2.11. The van der Waals surface area contributed by atoms with Crippen molar-refractivity contribution in [1.29, 1.82) is 0 Å². The van der Waals surface area contributed by atoms with Gasteiger partial charge in [-0.25, -0.2) is 0 Å². The highest BCUT2D eigenvalue weighted by Crippen LogP contribution is 2.19. The topological polar surface area (TPSA) is 23.5 Å². The van der Waals surface area contributed by atoms with Gasteiger partial charge in [-0.05, 0) is 37.7 Å². The Morgan fingerprint density at radius 2 is 2.07 bits per heavy atom. The van der Waals surface area contributed by atoms with Gasteiger partial charge in [-0.2, -0.15) is 0 Å². The van der Waals surface area contributed by atoms with Gasteiger partial charge < -0.3 is 10.0 Å². The van der Waals surface area contributed by atoms with Crippen LogP contribution in [0.3, 0.4) is 0 Å². The summed E-state index contributed by atoms with van der Waals surface area (Å²) in [5.74, 6) is 0. The van der Waals surface area contributed by atoms with Gasteiger partial charge in [0.05, 0.1) is 6.61 Å². The van der Waals surface area contributed by atoms with Crippen LogP contribution in [-0.2, 0) is 13.0 Å². The van der Waals surface area contributed by atoms with E-state index in [0.717, 1.165) is 23.0 Å². The summed E-state index contributed by atoms with van der Waals surface area (Å²) in [6, 6.07) is 5.98. The van der Waals surface area contributed by atoms with Crippen LogP contribution in [0.4, 0.5) is 0 Å². The summed E-state index contributed by atoms with van der Waals surface area (Å²) < 4.78 is 1.12. The van der Waals surface area contributed by atoms with Crippen molar-refractivity contribution >= 4 is 15.9 Å². The molecule has 1 aromatic rings. The number of halogens is 1. The predicted molar refractivity (Wildman–Crippen MR) is 62.3 cm³/mol. The molecule has 0 bridgehead atoms. The first-order chi connectivity index (χ1) is 6.63. The lowest BCUT2D eigenvalue weighted by atomic mass is 10.1. The minimum absolute atomic E-state index is 0.113. The minimum atomic E-state index is 0.113. The molecule has 1 rings (SSSR count). The first-order valence-electron chi connectivity index (χ1n) is 4.66. The van der Waals surface area contributed by atoms with Crippen molar-refractivity contribution in [1.82, 2.24) is 4.90 Å². The van der Waals surface area contributed by atoms with E-state index in [0.29, 0.717) is 0 Å². The second-order valence-corrected chi connectivity index (χ2v) is 4.49. The van der Waals surface area contributed by atoms with Crippen LogP contribution in [0.15, 0.2) is 22.7 Å². The zero-order chi connectivity index (χ0) is 10.6. The molecular weight excluding hydrogens is 242 g/mol. The molecule has 0 spiro atoms. The highest BCUT2D eigenvalue weighted by Gasteiger charge is 2.01. The summed E-state index contributed by atoms with van der Waals surface area (Å²) in [6.07, 6.45) is 1.00. The van der Waals surface area contributed by atoms with E-state index >= 15 is 0 Å². The van der Waals surface area contributed by atoms with Gasteiger partial charge in [0, 0.05) is 11.0 Å². The van der Waals surface area contributed by atoms with Crippen LogP contribution in [0, 0.1) is 0 Å². The molecule has 0 heterocycles. The zero-order valence-corrected chi connectivity index (χ0v) is 10.2. The molecule has 0 fully saturated rings. The van der Waals surface area contributed by atoms with Crippen molar-refractivity contribution in [3.8, 4) is 0 Å². The third kappa shape index (κ3) is 3.40. The van der Waals surface area contributed by atoms with Crippen LogP contribution < -0.4 is 0 Å². The average molecular weight is 258 g/mol. The molecule has 14 heavy (non-hydrogen) atoms. The second-order valence-electron chi connectivity index (χ2n) is 3.64. The van der Waals surface area contributed by atoms with Crippen molar-refractivity contribution in [2.24, 2.45) is 0 Å². The van der Waals surface area contributed by atoms with Crippen LogP contribution >= 0.6 is 15.9 Å². The van der Waals surface area contributed by atoms with Crippen LogP contribution in [0.25, 0.3) is 0 Å². The van der Waals surface area contributed by atoms with E-state index in [1.54, 1.807) is 0 Å². The fourth-order valence-electron chi connectivity index (χ4n) is 1.26. The molecule has 0 saturated heterocycles. The molecule has 0 aliphatic carbocycles. The van der Waals surface area contributed by atoms with Crippen molar-refractivity contribution in [2.45, 2.75) is 13.0 Å². The van der Waals surface area contributed by atoms with Gasteiger partial charge in [-0.3, -0.25) is 0 Å². The number of aliphatic hydroxyl groups excluding tert-OH is 1. The predicted octanol–water partition coefficient (Wildman–Crippen LogP) is 2.05. The molecule has 0 radical (unpaired) electrons. The Balaban J connectivity index is 2.73. The Kier molecular flexibility index (Phi) is 4.58. The molecule has 1 N–H and O–H groups in total. The number of likely N-dealkylation sites (N-methyl/N-ethyl adjacent to an activating group) is 1. The molecule has 0 amide bonds. The Bertz CT molecular complexity index is 299. The van der Waals surface area contributed by atoms with Gasteiger partial charge in [-0.15, -0.1) is 0 Å². The van der Waals surface area contributed by atoms with E-state index in [1.165, 1.54) is 5.56 Å². The first kappa shape index (κ1) is 11.7. The molecule has 0 aliphatic rings. The number of benzene rings is 1. The summed E-state index contributed by atoms with van der Waals surface area (Å²) in [4.78, 5) is 2.15.